The van der Waals surface area contributed by atoms with E-state index in [-0.39, 0.29) is 12.5 Å². The Bertz CT molecular complexity index is 1540. The quantitative estimate of drug-likeness (QED) is 0.331. The molecule has 5 rings (SSSR count). The molecule has 8 heteroatoms. The van der Waals surface area contributed by atoms with Crippen molar-refractivity contribution in [2.45, 2.75) is 20.5 Å². The van der Waals surface area contributed by atoms with Crippen LogP contribution in [0.5, 0.6) is 17.2 Å². The van der Waals surface area contributed by atoms with Crippen LogP contribution in [0.25, 0.3) is 5.69 Å². The molecule has 1 aromatic heterocycles. The van der Waals surface area contributed by atoms with Gasteiger partial charge >= 0.3 is 0 Å². The van der Waals surface area contributed by atoms with Crippen LogP contribution >= 0.6 is 11.6 Å². The van der Waals surface area contributed by atoms with Crippen LogP contribution < -0.4 is 19.5 Å². The number of aromatic nitrogens is 1. The molecular formula is C29H24ClN3O4. The summed E-state index contributed by atoms with van der Waals surface area (Å²) in [7, 11) is 0. The highest BCUT2D eigenvalue weighted by Gasteiger charge is 2.19. The van der Waals surface area contributed by atoms with Gasteiger partial charge in [0.05, 0.1) is 22.2 Å². The summed E-state index contributed by atoms with van der Waals surface area (Å²) in [4.78, 5) is 13.2. The first-order valence-corrected chi connectivity index (χ1v) is 12.1. The maximum atomic E-state index is 13.2. The van der Waals surface area contributed by atoms with Crippen LogP contribution in [0.15, 0.2) is 66.7 Å². The monoisotopic (exact) mass is 513 g/mol. The van der Waals surface area contributed by atoms with Gasteiger partial charge in [0.2, 0.25) is 0 Å². The standard InChI is InChI=1S/C29H24ClN3O4/c1-18-12-24(19(2)33(18)23-7-9-27-28(15-23)36-11-10-35-27)29(34)32-22-6-8-26(25(30)14-22)37-17-21-5-3-4-20(13-21)16-31/h3-9,12-15H,10-11,17H2,1-2H3,(H,32,34). The smallest absolute Gasteiger partial charge is 0.257 e. The third kappa shape index (κ3) is 5.11. The number of benzene rings is 3. The van der Waals surface area contributed by atoms with Gasteiger partial charge in [0, 0.05) is 28.8 Å². The summed E-state index contributed by atoms with van der Waals surface area (Å²) in [6, 6.07) is 22.0. The Balaban J connectivity index is 1.30. The summed E-state index contributed by atoms with van der Waals surface area (Å²) >= 11 is 6.43. The molecule has 0 bridgehead atoms. The highest BCUT2D eigenvalue weighted by Crippen LogP contribution is 2.34. The molecule has 1 aliphatic rings. The predicted octanol–water partition coefficient (Wildman–Crippen LogP) is 6.22. The Hall–Kier alpha value is -4.41. The minimum atomic E-state index is -0.241. The summed E-state index contributed by atoms with van der Waals surface area (Å²) in [6.45, 7) is 5.17. The molecule has 1 aliphatic heterocycles. The third-order valence-electron chi connectivity index (χ3n) is 6.10. The second-order valence-corrected chi connectivity index (χ2v) is 9.06. The second-order valence-electron chi connectivity index (χ2n) is 8.65. The van der Waals surface area contributed by atoms with Gasteiger partial charge in [-0.05, 0) is 67.9 Å². The molecular weight excluding hydrogens is 490 g/mol. The average Bonchev–Trinajstić information content (AvgIpc) is 3.21. The molecule has 0 atom stereocenters. The normalized spacial score (nSPS) is 12.1. The van der Waals surface area contributed by atoms with E-state index in [1.54, 1.807) is 30.3 Å². The van der Waals surface area contributed by atoms with Gasteiger partial charge in [-0.25, -0.2) is 0 Å². The minimum Gasteiger partial charge on any atom is -0.487 e. The Morgan fingerprint density at radius 3 is 2.65 bits per heavy atom. The van der Waals surface area contributed by atoms with Crippen molar-refractivity contribution >= 4 is 23.2 Å². The van der Waals surface area contributed by atoms with Crippen molar-refractivity contribution in [3.05, 3.63) is 99.8 Å². The third-order valence-corrected chi connectivity index (χ3v) is 6.40. The fourth-order valence-corrected chi connectivity index (χ4v) is 4.58. The molecule has 2 heterocycles. The number of carbonyl (C=O) groups excluding carboxylic acids is 1. The number of halogens is 1. The van der Waals surface area contributed by atoms with E-state index in [9.17, 15) is 4.79 Å². The summed E-state index contributed by atoms with van der Waals surface area (Å²) in [5.74, 6) is 1.65. The number of amides is 1. The van der Waals surface area contributed by atoms with Gasteiger partial charge in [-0.1, -0.05) is 23.7 Å². The van der Waals surface area contributed by atoms with E-state index in [1.165, 1.54) is 0 Å². The molecule has 0 saturated heterocycles. The molecule has 1 N–H and O–H groups in total. The number of aryl methyl sites for hydroxylation is 1. The summed E-state index contributed by atoms with van der Waals surface area (Å²) in [5, 5.41) is 12.3. The zero-order chi connectivity index (χ0) is 25.9. The van der Waals surface area contributed by atoms with Gasteiger partial charge in [0.15, 0.2) is 11.5 Å². The molecule has 37 heavy (non-hydrogen) atoms. The summed E-state index contributed by atoms with van der Waals surface area (Å²) in [5.41, 5.74) is 5.15. The highest BCUT2D eigenvalue weighted by atomic mass is 35.5. The van der Waals surface area contributed by atoms with E-state index in [0.29, 0.717) is 46.5 Å². The van der Waals surface area contributed by atoms with E-state index < -0.39 is 0 Å². The van der Waals surface area contributed by atoms with Gasteiger partial charge in [-0.2, -0.15) is 5.26 Å². The minimum absolute atomic E-state index is 0.241. The van der Waals surface area contributed by atoms with E-state index in [1.807, 2.05) is 54.8 Å². The van der Waals surface area contributed by atoms with E-state index >= 15 is 0 Å². The number of hydrogen-bond donors (Lipinski definition) is 1. The number of hydrogen-bond acceptors (Lipinski definition) is 5. The highest BCUT2D eigenvalue weighted by molar-refractivity contribution is 6.32. The molecule has 4 aromatic rings. The van der Waals surface area contributed by atoms with Gasteiger partial charge in [-0.15, -0.1) is 0 Å². The molecule has 0 aliphatic carbocycles. The first kappa shape index (κ1) is 24.3. The van der Waals surface area contributed by atoms with Crippen LogP contribution in [-0.2, 0) is 6.61 Å². The molecule has 186 valence electrons. The first-order chi connectivity index (χ1) is 17.9. The van der Waals surface area contributed by atoms with Crippen LogP contribution in [-0.4, -0.2) is 23.7 Å². The van der Waals surface area contributed by atoms with Crippen molar-refractivity contribution in [2.24, 2.45) is 0 Å². The molecule has 0 radical (unpaired) electrons. The zero-order valence-electron chi connectivity index (χ0n) is 20.4. The SMILES string of the molecule is Cc1cc(C(=O)Nc2ccc(OCc3cccc(C#N)c3)c(Cl)c2)c(C)n1-c1ccc2c(c1)OCCO2. The molecule has 1 amide bonds. The predicted molar refractivity (Wildman–Crippen MR) is 141 cm³/mol. The van der Waals surface area contributed by atoms with Crippen molar-refractivity contribution in [1.82, 2.24) is 4.57 Å². The lowest BCUT2D eigenvalue weighted by atomic mass is 10.1. The number of rotatable bonds is 6. The maximum absolute atomic E-state index is 13.2. The molecule has 3 aromatic carbocycles. The molecule has 0 saturated carbocycles. The zero-order valence-corrected chi connectivity index (χ0v) is 21.1. The summed E-state index contributed by atoms with van der Waals surface area (Å²) < 4.78 is 19.2. The fraction of sp³-hybridized carbons (Fsp3) is 0.172. The van der Waals surface area contributed by atoms with Gasteiger partial charge in [0.1, 0.15) is 25.6 Å². The molecule has 0 spiro atoms. The number of ether oxygens (including phenoxy) is 3. The molecule has 0 fully saturated rings. The van der Waals surface area contributed by atoms with E-state index in [4.69, 9.17) is 31.1 Å². The average molecular weight is 514 g/mol. The van der Waals surface area contributed by atoms with Crippen LogP contribution in [0.2, 0.25) is 5.02 Å². The maximum Gasteiger partial charge on any atom is 0.257 e. The van der Waals surface area contributed by atoms with Crippen molar-refractivity contribution in [3.8, 4) is 29.0 Å². The number of carbonyl (C=O) groups is 1. The topological polar surface area (TPSA) is 85.5 Å². The number of nitrogens with zero attached hydrogens (tertiary/aromatic N) is 2. The lowest BCUT2D eigenvalue weighted by molar-refractivity contribution is 0.102. The Kier molecular flexibility index (Phi) is 6.76. The lowest BCUT2D eigenvalue weighted by Crippen LogP contribution is -2.16. The summed E-state index contributed by atoms with van der Waals surface area (Å²) in [6.07, 6.45) is 0. The van der Waals surface area contributed by atoms with Crippen molar-refractivity contribution in [1.29, 1.82) is 5.26 Å². The number of fused-ring (bicyclic) bond motifs is 1. The van der Waals surface area contributed by atoms with Crippen LogP contribution in [0.3, 0.4) is 0 Å². The fourth-order valence-electron chi connectivity index (χ4n) is 4.35. The molecule has 0 unspecified atom stereocenters. The first-order valence-electron chi connectivity index (χ1n) is 11.7. The Morgan fingerprint density at radius 1 is 1.05 bits per heavy atom. The van der Waals surface area contributed by atoms with Gasteiger partial charge in [0.25, 0.3) is 5.91 Å². The van der Waals surface area contributed by atoms with Crippen LogP contribution in [0.1, 0.15) is 32.9 Å². The lowest BCUT2D eigenvalue weighted by Gasteiger charge is -2.20. The number of nitrogens with one attached hydrogen (secondary N) is 1. The number of nitriles is 1. The van der Waals surface area contributed by atoms with Crippen molar-refractivity contribution in [2.75, 3.05) is 18.5 Å². The van der Waals surface area contributed by atoms with E-state index in [0.717, 1.165) is 28.4 Å². The van der Waals surface area contributed by atoms with Crippen LogP contribution in [0, 0.1) is 25.2 Å². The molecule has 7 nitrogen and oxygen atoms in total. The van der Waals surface area contributed by atoms with Gasteiger partial charge < -0.3 is 24.1 Å². The van der Waals surface area contributed by atoms with Crippen LogP contribution in [0.4, 0.5) is 5.69 Å². The Morgan fingerprint density at radius 2 is 1.86 bits per heavy atom. The number of anilines is 1. The Labute approximate surface area is 219 Å². The van der Waals surface area contributed by atoms with Gasteiger partial charge in [-0.3, -0.25) is 4.79 Å². The van der Waals surface area contributed by atoms with E-state index in [2.05, 4.69) is 11.4 Å². The second kappa shape index (κ2) is 10.3. The van der Waals surface area contributed by atoms with Crippen molar-refractivity contribution in [3.63, 3.8) is 0 Å². The largest absolute Gasteiger partial charge is 0.487 e. The van der Waals surface area contributed by atoms with Crippen molar-refractivity contribution < 1.29 is 19.0 Å².